The van der Waals surface area contributed by atoms with E-state index in [0.717, 1.165) is 95.2 Å². The molecule has 3 saturated heterocycles. The van der Waals surface area contributed by atoms with Gasteiger partial charge in [0.2, 0.25) is 23.7 Å². The van der Waals surface area contributed by atoms with Crippen LogP contribution in [-0.2, 0) is 14.4 Å². The van der Waals surface area contributed by atoms with Gasteiger partial charge < -0.3 is 20.4 Å². The van der Waals surface area contributed by atoms with Crippen molar-refractivity contribution >= 4 is 29.4 Å². The first-order chi connectivity index (χ1) is 26.3. The summed E-state index contributed by atoms with van der Waals surface area (Å²) in [7, 11) is 0. The fourth-order valence-corrected chi connectivity index (χ4v) is 9.03. The highest BCUT2D eigenvalue weighted by atomic mass is 19.1. The van der Waals surface area contributed by atoms with Gasteiger partial charge in [-0.3, -0.25) is 19.7 Å². The molecule has 0 bridgehead atoms. The number of hydrogen-bond donors (Lipinski definition) is 3. The molecular weight excluding hydrogens is 701 g/mol. The van der Waals surface area contributed by atoms with Gasteiger partial charge in [-0.2, -0.15) is 0 Å². The summed E-state index contributed by atoms with van der Waals surface area (Å²) in [4.78, 5) is 50.4. The van der Waals surface area contributed by atoms with Gasteiger partial charge in [0.1, 0.15) is 17.6 Å². The molecule has 1 aromatic heterocycles. The van der Waals surface area contributed by atoms with Crippen LogP contribution in [0.4, 0.5) is 20.4 Å². The molecule has 0 spiro atoms. The zero-order valence-electron chi connectivity index (χ0n) is 30.9. The molecular formula is C43H61F2N7O3. The number of benzene rings is 2. The van der Waals surface area contributed by atoms with Gasteiger partial charge in [-0.1, -0.05) is 31.7 Å². The van der Waals surface area contributed by atoms with Crippen LogP contribution in [0.3, 0.4) is 0 Å². The standard InChI is InChI=1S/C42H51F2N7O3.CH4.3H2/c43-35-23-33(46-37-12-13-38(52)48-40(37)53)10-11-34(35)28-16-18-50(19-17-28)25-26-14-20-51(21-15-26)41(54)29-6-8-32(9-7-29)47-42-45-24-36(44)39(49-42)31-3-1-2-30(22-31)27-4-5-27;;;;/h1-3,10-11,22-24,26-29,32,37,46H,4-9,12-21,25H2,(H,45,47,49)(H,48,52,53);1H4;3*1H. The van der Waals surface area contributed by atoms with E-state index < -0.39 is 11.9 Å². The van der Waals surface area contributed by atoms with Crippen molar-refractivity contribution < 1.29 is 27.4 Å². The highest BCUT2D eigenvalue weighted by Crippen LogP contribution is 2.41. The number of rotatable bonds is 10. The highest BCUT2D eigenvalue weighted by Gasteiger charge is 2.33. The minimum absolute atomic E-state index is 0. The Labute approximate surface area is 327 Å². The third-order valence-corrected chi connectivity index (χ3v) is 12.4. The van der Waals surface area contributed by atoms with Gasteiger partial charge in [0, 0.05) is 53.5 Å². The van der Waals surface area contributed by atoms with E-state index in [1.165, 1.54) is 30.7 Å². The van der Waals surface area contributed by atoms with E-state index in [1.54, 1.807) is 0 Å². The molecule has 2 aromatic carbocycles. The first-order valence-electron chi connectivity index (χ1n) is 20.1. The van der Waals surface area contributed by atoms with Crippen LogP contribution in [0, 0.1) is 23.5 Å². The lowest BCUT2D eigenvalue weighted by molar-refractivity contribution is -0.138. The lowest BCUT2D eigenvalue weighted by Gasteiger charge is -2.39. The Balaban J connectivity index is 0.00000186. The lowest BCUT2D eigenvalue weighted by atomic mass is 9.84. The Hall–Kier alpha value is -4.45. The Kier molecular flexibility index (Phi) is 12.1. The molecule has 5 fully saturated rings. The molecule has 0 radical (unpaired) electrons. The number of anilines is 2. The number of piperidine rings is 3. The van der Waals surface area contributed by atoms with Gasteiger partial charge in [-0.05, 0) is 131 Å². The monoisotopic (exact) mass is 761 g/mol. The topological polar surface area (TPSA) is 120 Å². The lowest BCUT2D eigenvalue weighted by Crippen LogP contribution is -2.47. The van der Waals surface area contributed by atoms with Crippen molar-refractivity contribution in [2.75, 3.05) is 43.4 Å². The van der Waals surface area contributed by atoms with E-state index in [0.29, 0.717) is 35.6 Å². The molecule has 8 rings (SSSR count). The smallest absolute Gasteiger partial charge is 0.249 e. The second-order valence-electron chi connectivity index (χ2n) is 16.2. The van der Waals surface area contributed by atoms with Gasteiger partial charge in [0.25, 0.3) is 0 Å². The first kappa shape index (κ1) is 38.8. The van der Waals surface area contributed by atoms with Crippen LogP contribution < -0.4 is 16.0 Å². The summed E-state index contributed by atoms with van der Waals surface area (Å²) in [5, 5.41) is 8.82. The van der Waals surface area contributed by atoms with Crippen LogP contribution in [0.25, 0.3) is 11.3 Å². The number of imide groups is 1. The maximum atomic E-state index is 15.2. The van der Waals surface area contributed by atoms with Crippen LogP contribution in [0.1, 0.15) is 112 Å². The average molecular weight is 762 g/mol. The molecule has 2 saturated carbocycles. The highest BCUT2D eigenvalue weighted by molar-refractivity contribution is 6.01. The van der Waals surface area contributed by atoms with E-state index >= 15 is 4.39 Å². The molecule has 1 atom stereocenters. The van der Waals surface area contributed by atoms with Crippen molar-refractivity contribution in [3.8, 4) is 11.3 Å². The van der Waals surface area contributed by atoms with Crippen molar-refractivity contribution in [3.63, 3.8) is 0 Å². The third-order valence-electron chi connectivity index (χ3n) is 12.4. The summed E-state index contributed by atoms with van der Waals surface area (Å²) < 4.78 is 30.0. The fraction of sp³-hybridized carbons (Fsp3) is 0.558. The zero-order valence-corrected chi connectivity index (χ0v) is 30.9. The van der Waals surface area contributed by atoms with Crippen molar-refractivity contribution in [1.29, 1.82) is 0 Å². The summed E-state index contributed by atoms with van der Waals surface area (Å²) >= 11 is 0. The van der Waals surface area contributed by atoms with Crippen molar-refractivity contribution in [1.82, 2.24) is 25.1 Å². The van der Waals surface area contributed by atoms with Crippen LogP contribution in [0.5, 0.6) is 0 Å². The molecule has 3 aliphatic heterocycles. The quantitative estimate of drug-likeness (QED) is 0.178. The second-order valence-corrected chi connectivity index (χ2v) is 16.2. The predicted octanol–water partition coefficient (Wildman–Crippen LogP) is 7.98. The summed E-state index contributed by atoms with van der Waals surface area (Å²) in [6.07, 6.45) is 11.5. The molecule has 12 heteroatoms. The number of likely N-dealkylation sites (tertiary alicyclic amines) is 2. The summed E-state index contributed by atoms with van der Waals surface area (Å²) in [5.74, 6) is 0.731. The third kappa shape index (κ3) is 9.34. The fourth-order valence-electron chi connectivity index (χ4n) is 9.03. The van der Waals surface area contributed by atoms with E-state index in [-0.39, 0.29) is 59.5 Å². The molecule has 3 N–H and O–H groups in total. The summed E-state index contributed by atoms with van der Waals surface area (Å²) in [6.45, 7) is 4.47. The van der Waals surface area contributed by atoms with Crippen molar-refractivity contribution in [2.45, 2.75) is 108 Å². The molecule has 5 aliphatic rings. The number of nitrogens with one attached hydrogen (secondary N) is 3. The van der Waals surface area contributed by atoms with E-state index in [9.17, 15) is 18.8 Å². The molecule has 3 amide bonds. The SMILES string of the molecule is C.O=C1CCC(Nc2ccc(C3CCN(CC4CCN(C(=O)C5CCC(Nc6ncc(F)c(-c7cccc(C8CC8)c7)n6)CC5)CC4)CC3)c(F)c2)C(=O)N1.[HH].[HH].[HH]. The molecule has 1 unspecified atom stereocenters. The van der Waals surface area contributed by atoms with Crippen molar-refractivity contribution in [2.24, 2.45) is 11.8 Å². The number of hydrogen-bond acceptors (Lipinski definition) is 8. The van der Waals surface area contributed by atoms with Crippen LogP contribution in [-0.4, -0.2) is 82.3 Å². The van der Waals surface area contributed by atoms with E-state index in [4.69, 9.17) is 0 Å². The largest absolute Gasteiger partial charge is 0.374 e. The minimum Gasteiger partial charge on any atom is -0.374 e. The molecule has 10 nitrogen and oxygen atoms in total. The number of carbonyl (C=O) groups excluding carboxylic acids is 3. The number of carbonyl (C=O) groups is 3. The Morgan fingerprint density at radius 1 is 0.836 bits per heavy atom. The molecule has 4 heterocycles. The van der Waals surface area contributed by atoms with Crippen LogP contribution >= 0.6 is 0 Å². The molecule has 300 valence electrons. The maximum absolute atomic E-state index is 15.2. The first-order valence-corrected chi connectivity index (χ1v) is 20.1. The second kappa shape index (κ2) is 17.1. The number of halogens is 2. The Morgan fingerprint density at radius 2 is 1.60 bits per heavy atom. The van der Waals surface area contributed by atoms with Gasteiger partial charge in [0.05, 0.1) is 6.20 Å². The zero-order chi connectivity index (χ0) is 37.2. The summed E-state index contributed by atoms with van der Waals surface area (Å²) in [5.41, 5.74) is 3.63. The van der Waals surface area contributed by atoms with Crippen LogP contribution in [0.15, 0.2) is 48.7 Å². The van der Waals surface area contributed by atoms with Gasteiger partial charge in [-0.15, -0.1) is 0 Å². The van der Waals surface area contributed by atoms with Crippen LogP contribution in [0.2, 0.25) is 0 Å². The normalized spacial score (nSPS) is 24.2. The van der Waals surface area contributed by atoms with E-state index in [2.05, 4.69) is 47.9 Å². The average Bonchev–Trinajstić information content (AvgIpc) is 4.04. The molecule has 55 heavy (non-hydrogen) atoms. The summed E-state index contributed by atoms with van der Waals surface area (Å²) in [6, 6.07) is 12.8. The Morgan fingerprint density at radius 3 is 2.31 bits per heavy atom. The Bertz CT molecular complexity index is 1860. The minimum atomic E-state index is -0.537. The van der Waals surface area contributed by atoms with Crippen molar-refractivity contribution in [3.05, 3.63) is 71.4 Å². The number of nitrogens with zero attached hydrogens (tertiary/aromatic N) is 4. The maximum Gasteiger partial charge on any atom is 0.249 e. The molecule has 3 aromatic rings. The van der Waals surface area contributed by atoms with Gasteiger partial charge >= 0.3 is 0 Å². The predicted molar refractivity (Wildman–Crippen MR) is 216 cm³/mol. The van der Waals surface area contributed by atoms with Gasteiger partial charge in [0.15, 0.2) is 5.82 Å². The van der Waals surface area contributed by atoms with Gasteiger partial charge in [-0.25, -0.2) is 18.7 Å². The van der Waals surface area contributed by atoms with E-state index in [1.807, 2.05) is 24.3 Å². The number of amides is 3. The molecule has 2 aliphatic carbocycles. The number of aromatic nitrogens is 2.